The van der Waals surface area contributed by atoms with Crippen LogP contribution in [0.5, 0.6) is 17.2 Å². The summed E-state index contributed by atoms with van der Waals surface area (Å²) in [6.45, 7) is 0.557. The van der Waals surface area contributed by atoms with Crippen molar-refractivity contribution < 1.29 is 19.0 Å². The maximum atomic E-state index is 11.0. The summed E-state index contributed by atoms with van der Waals surface area (Å²) >= 11 is 5.94. The fourth-order valence-corrected chi connectivity index (χ4v) is 2.16. The van der Waals surface area contributed by atoms with E-state index in [4.69, 9.17) is 25.8 Å². The summed E-state index contributed by atoms with van der Waals surface area (Å²) in [5.74, 6) is 1.89. The Labute approximate surface area is 120 Å². The minimum absolute atomic E-state index is 0.239. The molecule has 1 aliphatic heterocycles. The van der Waals surface area contributed by atoms with Crippen LogP contribution >= 0.6 is 11.6 Å². The van der Waals surface area contributed by atoms with E-state index < -0.39 is 0 Å². The van der Waals surface area contributed by atoms with Gasteiger partial charge in [-0.1, -0.05) is 23.7 Å². The van der Waals surface area contributed by atoms with Crippen molar-refractivity contribution in [3.63, 3.8) is 0 Å². The SMILES string of the molecule is O=Cc1c(Cl)cccc1OCc1ccc2c(c1)OCO2. The highest BCUT2D eigenvalue weighted by atomic mass is 35.5. The molecule has 0 spiro atoms. The summed E-state index contributed by atoms with van der Waals surface area (Å²) < 4.78 is 16.2. The molecule has 20 heavy (non-hydrogen) atoms. The van der Waals surface area contributed by atoms with Gasteiger partial charge in [0.25, 0.3) is 0 Å². The lowest BCUT2D eigenvalue weighted by Crippen LogP contribution is -1.98. The zero-order valence-corrected chi connectivity index (χ0v) is 11.2. The normalized spacial score (nSPS) is 12.2. The molecule has 0 fully saturated rings. The molecular formula is C15H11ClO4. The fourth-order valence-electron chi connectivity index (χ4n) is 1.95. The van der Waals surface area contributed by atoms with E-state index in [0.29, 0.717) is 35.0 Å². The quantitative estimate of drug-likeness (QED) is 0.809. The summed E-state index contributed by atoms with van der Waals surface area (Å²) in [6.07, 6.45) is 0.692. The summed E-state index contributed by atoms with van der Waals surface area (Å²) in [4.78, 5) is 11.0. The van der Waals surface area contributed by atoms with Gasteiger partial charge in [-0.05, 0) is 29.8 Å². The van der Waals surface area contributed by atoms with Gasteiger partial charge in [-0.3, -0.25) is 4.79 Å². The average Bonchev–Trinajstić information content (AvgIpc) is 2.92. The Bertz CT molecular complexity index is 654. The van der Waals surface area contributed by atoms with Crippen LogP contribution in [0.2, 0.25) is 5.02 Å². The third-order valence-electron chi connectivity index (χ3n) is 2.96. The molecule has 0 N–H and O–H groups in total. The van der Waals surface area contributed by atoms with E-state index in [2.05, 4.69) is 0 Å². The van der Waals surface area contributed by atoms with Gasteiger partial charge in [-0.25, -0.2) is 0 Å². The Morgan fingerprint density at radius 1 is 1.20 bits per heavy atom. The lowest BCUT2D eigenvalue weighted by atomic mass is 10.2. The lowest BCUT2D eigenvalue weighted by molar-refractivity contribution is 0.111. The van der Waals surface area contributed by atoms with Crippen LogP contribution in [0.3, 0.4) is 0 Å². The Kier molecular flexibility index (Phi) is 3.48. The highest BCUT2D eigenvalue weighted by Crippen LogP contribution is 2.33. The van der Waals surface area contributed by atoms with Crippen LogP contribution in [0.15, 0.2) is 36.4 Å². The van der Waals surface area contributed by atoms with Crippen LogP contribution in [-0.4, -0.2) is 13.1 Å². The van der Waals surface area contributed by atoms with E-state index in [9.17, 15) is 4.79 Å². The Hall–Kier alpha value is -2.20. The van der Waals surface area contributed by atoms with E-state index in [0.717, 1.165) is 11.3 Å². The number of hydrogen-bond donors (Lipinski definition) is 0. The number of carbonyl (C=O) groups is 1. The zero-order valence-electron chi connectivity index (χ0n) is 10.5. The number of carbonyl (C=O) groups excluding carboxylic acids is 1. The topological polar surface area (TPSA) is 44.8 Å². The first-order chi connectivity index (χ1) is 9.78. The average molecular weight is 291 g/mol. The molecule has 1 aliphatic rings. The van der Waals surface area contributed by atoms with Crippen molar-refractivity contribution in [2.75, 3.05) is 6.79 Å². The Morgan fingerprint density at radius 2 is 2.05 bits per heavy atom. The maximum Gasteiger partial charge on any atom is 0.231 e. The smallest absolute Gasteiger partial charge is 0.231 e. The lowest BCUT2D eigenvalue weighted by Gasteiger charge is -2.09. The maximum absolute atomic E-state index is 11.0. The minimum Gasteiger partial charge on any atom is -0.488 e. The number of aldehydes is 1. The van der Waals surface area contributed by atoms with Gasteiger partial charge in [0.15, 0.2) is 17.8 Å². The molecule has 2 aromatic carbocycles. The summed E-state index contributed by atoms with van der Waals surface area (Å²) in [5.41, 5.74) is 1.28. The summed E-state index contributed by atoms with van der Waals surface area (Å²) in [7, 11) is 0. The molecule has 3 rings (SSSR count). The Balaban J connectivity index is 1.77. The van der Waals surface area contributed by atoms with Crippen LogP contribution in [-0.2, 0) is 6.61 Å². The van der Waals surface area contributed by atoms with Crippen LogP contribution in [0.25, 0.3) is 0 Å². The second-order valence-electron chi connectivity index (χ2n) is 4.25. The molecule has 1 heterocycles. The number of rotatable bonds is 4. The van der Waals surface area contributed by atoms with Crippen LogP contribution in [0.1, 0.15) is 15.9 Å². The van der Waals surface area contributed by atoms with E-state index in [1.165, 1.54) is 0 Å². The van der Waals surface area contributed by atoms with Crippen molar-refractivity contribution >= 4 is 17.9 Å². The van der Waals surface area contributed by atoms with Gasteiger partial charge in [0, 0.05) is 0 Å². The first-order valence-electron chi connectivity index (χ1n) is 6.03. The number of halogens is 1. The van der Waals surface area contributed by atoms with E-state index >= 15 is 0 Å². The highest BCUT2D eigenvalue weighted by Gasteiger charge is 2.14. The molecule has 0 atom stereocenters. The van der Waals surface area contributed by atoms with Gasteiger partial charge in [0.1, 0.15) is 12.4 Å². The summed E-state index contributed by atoms with van der Waals surface area (Å²) in [6, 6.07) is 10.7. The number of ether oxygens (including phenoxy) is 3. The predicted octanol–water partition coefficient (Wildman–Crippen LogP) is 3.46. The molecule has 102 valence electrons. The second kappa shape index (κ2) is 5.43. The summed E-state index contributed by atoms with van der Waals surface area (Å²) in [5, 5.41) is 0.378. The van der Waals surface area contributed by atoms with Gasteiger partial charge in [-0.2, -0.15) is 0 Å². The third kappa shape index (κ3) is 2.42. The standard InChI is InChI=1S/C15H11ClO4/c16-12-2-1-3-13(11(12)7-17)18-8-10-4-5-14-15(6-10)20-9-19-14/h1-7H,8-9H2. The molecular weight excluding hydrogens is 280 g/mol. The molecule has 0 aliphatic carbocycles. The van der Waals surface area contributed by atoms with E-state index in [-0.39, 0.29) is 6.79 Å². The first kappa shape index (κ1) is 12.8. The van der Waals surface area contributed by atoms with Gasteiger partial charge in [-0.15, -0.1) is 0 Å². The minimum atomic E-state index is 0.239. The predicted molar refractivity (Wildman–Crippen MR) is 73.7 cm³/mol. The van der Waals surface area contributed by atoms with Crippen molar-refractivity contribution in [3.8, 4) is 17.2 Å². The second-order valence-corrected chi connectivity index (χ2v) is 4.65. The van der Waals surface area contributed by atoms with Crippen molar-refractivity contribution in [3.05, 3.63) is 52.5 Å². The molecule has 2 aromatic rings. The Morgan fingerprint density at radius 3 is 2.90 bits per heavy atom. The monoisotopic (exact) mass is 290 g/mol. The van der Waals surface area contributed by atoms with E-state index in [1.807, 2.05) is 18.2 Å². The third-order valence-corrected chi connectivity index (χ3v) is 3.29. The van der Waals surface area contributed by atoms with Crippen molar-refractivity contribution in [2.45, 2.75) is 6.61 Å². The molecule has 0 unspecified atom stereocenters. The highest BCUT2D eigenvalue weighted by molar-refractivity contribution is 6.33. The molecule has 5 heteroatoms. The van der Waals surface area contributed by atoms with Crippen LogP contribution in [0, 0.1) is 0 Å². The van der Waals surface area contributed by atoms with Crippen molar-refractivity contribution in [1.29, 1.82) is 0 Å². The molecule has 0 bridgehead atoms. The molecule has 0 radical (unpaired) electrons. The molecule has 4 nitrogen and oxygen atoms in total. The van der Waals surface area contributed by atoms with Crippen LogP contribution in [0.4, 0.5) is 0 Å². The zero-order chi connectivity index (χ0) is 13.9. The van der Waals surface area contributed by atoms with E-state index in [1.54, 1.807) is 18.2 Å². The molecule has 0 amide bonds. The number of hydrogen-bond acceptors (Lipinski definition) is 4. The van der Waals surface area contributed by atoms with Gasteiger partial charge in [0.2, 0.25) is 6.79 Å². The first-order valence-corrected chi connectivity index (χ1v) is 6.41. The number of fused-ring (bicyclic) bond motifs is 1. The van der Waals surface area contributed by atoms with Gasteiger partial charge < -0.3 is 14.2 Å². The molecule has 0 saturated heterocycles. The largest absolute Gasteiger partial charge is 0.488 e. The molecule has 0 aromatic heterocycles. The van der Waals surface area contributed by atoms with Crippen molar-refractivity contribution in [1.82, 2.24) is 0 Å². The van der Waals surface area contributed by atoms with Crippen LogP contribution < -0.4 is 14.2 Å². The number of benzene rings is 2. The van der Waals surface area contributed by atoms with Gasteiger partial charge in [0.05, 0.1) is 10.6 Å². The molecule has 0 saturated carbocycles. The van der Waals surface area contributed by atoms with Gasteiger partial charge >= 0.3 is 0 Å². The van der Waals surface area contributed by atoms with Crippen molar-refractivity contribution in [2.24, 2.45) is 0 Å². The fraction of sp³-hybridized carbons (Fsp3) is 0.133.